The zero-order valence-electron chi connectivity index (χ0n) is 8.77. The molecule has 2 N–H and O–H groups in total. The van der Waals surface area contributed by atoms with Gasteiger partial charge < -0.3 is 10.6 Å². The van der Waals surface area contributed by atoms with Crippen molar-refractivity contribution in [3.63, 3.8) is 0 Å². The molecule has 0 aliphatic heterocycles. The van der Waals surface area contributed by atoms with Crippen molar-refractivity contribution >= 4 is 11.5 Å². The maximum absolute atomic E-state index is 5.83. The fourth-order valence-electron chi connectivity index (χ4n) is 1.82. The van der Waals surface area contributed by atoms with Crippen LogP contribution >= 0.6 is 0 Å². The Balaban J connectivity index is 2.17. The molecule has 3 nitrogen and oxygen atoms in total. The molecular weight excluding hydrogens is 174 g/mol. The van der Waals surface area contributed by atoms with Crippen LogP contribution in [-0.2, 0) is 0 Å². The van der Waals surface area contributed by atoms with Gasteiger partial charge >= 0.3 is 0 Å². The van der Waals surface area contributed by atoms with Crippen LogP contribution in [0.4, 0.5) is 11.5 Å². The highest BCUT2D eigenvalue weighted by atomic mass is 15.2. The predicted octanol–water partition coefficient (Wildman–Crippen LogP) is 1.90. The van der Waals surface area contributed by atoms with Crippen molar-refractivity contribution in [3.8, 4) is 0 Å². The average Bonchev–Trinajstić information content (AvgIpc) is 3.00. The number of nitrogens with zero attached hydrogens (tertiary/aromatic N) is 2. The van der Waals surface area contributed by atoms with E-state index in [9.17, 15) is 0 Å². The Kier molecular flexibility index (Phi) is 2.32. The normalized spacial score (nSPS) is 17.9. The van der Waals surface area contributed by atoms with Gasteiger partial charge in [-0.15, -0.1) is 0 Å². The molecule has 1 atom stereocenters. The summed E-state index contributed by atoms with van der Waals surface area (Å²) < 4.78 is 0. The van der Waals surface area contributed by atoms with E-state index in [4.69, 9.17) is 5.73 Å². The molecule has 1 aliphatic rings. The van der Waals surface area contributed by atoms with Crippen molar-refractivity contribution in [3.05, 3.63) is 18.3 Å². The second-order valence-electron chi connectivity index (χ2n) is 4.10. The van der Waals surface area contributed by atoms with Gasteiger partial charge in [-0.3, -0.25) is 0 Å². The van der Waals surface area contributed by atoms with Gasteiger partial charge in [0.1, 0.15) is 5.82 Å². The van der Waals surface area contributed by atoms with Crippen LogP contribution in [0.3, 0.4) is 0 Å². The first-order chi connectivity index (χ1) is 6.70. The van der Waals surface area contributed by atoms with Crippen LogP contribution in [0.5, 0.6) is 0 Å². The van der Waals surface area contributed by atoms with Crippen LogP contribution in [-0.4, -0.2) is 18.1 Å². The molecule has 1 saturated carbocycles. The van der Waals surface area contributed by atoms with Gasteiger partial charge in [0.25, 0.3) is 0 Å². The van der Waals surface area contributed by atoms with Crippen LogP contribution in [0.1, 0.15) is 19.8 Å². The largest absolute Gasteiger partial charge is 0.382 e. The quantitative estimate of drug-likeness (QED) is 0.793. The van der Waals surface area contributed by atoms with Crippen LogP contribution in [0, 0.1) is 5.92 Å². The molecule has 0 bridgehead atoms. The van der Waals surface area contributed by atoms with E-state index in [0.717, 1.165) is 11.6 Å². The monoisotopic (exact) mass is 191 g/mol. The summed E-state index contributed by atoms with van der Waals surface area (Å²) in [6.45, 7) is 2.25. The Hall–Kier alpha value is -1.25. The van der Waals surface area contributed by atoms with Crippen molar-refractivity contribution in [2.24, 2.45) is 5.92 Å². The summed E-state index contributed by atoms with van der Waals surface area (Å²) in [7, 11) is 2.09. The summed E-state index contributed by atoms with van der Waals surface area (Å²) in [6, 6.07) is 4.53. The standard InChI is InChI=1S/C11H17N3/c1-8(9-5-6-9)14(2)10-4-3-7-13-11(10)12/h3-4,7-9H,5-6H2,1-2H3,(H2,12,13). The van der Waals surface area contributed by atoms with E-state index in [1.807, 2.05) is 12.1 Å². The van der Waals surface area contributed by atoms with E-state index >= 15 is 0 Å². The second-order valence-corrected chi connectivity index (χ2v) is 4.10. The van der Waals surface area contributed by atoms with E-state index in [1.54, 1.807) is 6.20 Å². The summed E-state index contributed by atoms with van der Waals surface area (Å²) in [5.41, 5.74) is 6.88. The van der Waals surface area contributed by atoms with Gasteiger partial charge in [0, 0.05) is 19.3 Å². The summed E-state index contributed by atoms with van der Waals surface area (Å²) >= 11 is 0. The maximum Gasteiger partial charge on any atom is 0.146 e. The maximum atomic E-state index is 5.83. The third-order valence-electron chi connectivity index (χ3n) is 3.11. The lowest BCUT2D eigenvalue weighted by molar-refractivity contribution is 0.609. The zero-order chi connectivity index (χ0) is 10.1. The minimum atomic E-state index is 0.571. The van der Waals surface area contributed by atoms with Crippen molar-refractivity contribution in [1.82, 2.24) is 4.98 Å². The molecule has 1 aromatic heterocycles. The number of hydrogen-bond donors (Lipinski definition) is 1. The molecule has 0 saturated heterocycles. The van der Waals surface area contributed by atoms with Gasteiger partial charge in [-0.1, -0.05) is 0 Å². The first-order valence-electron chi connectivity index (χ1n) is 5.13. The first kappa shape index (κ1) is 9.31. The van der Waals surface area contributed by atoms with Crippen molar-refractivity contribution in [2.45, 2.75) is 25.8 Å². The zero-order valence-corrected chi connectivity index (χ0v) is 8.77. The molecule has 1 fully saturated rings. The van der Waals surface area contributed by atoms with E-state index in [0.29, 0.717) is 11.9 Å². The fourth-order valence-corrected chi connectivity index (χ4v) is 1.82. The number of pyridine rings is 1. The van der Waals surface area contributed by atoms with Gasteiger partial charge in [0.05, 0.1) is 5.69 Å². The Morgan fingerprint density at radius 3 is 2.86 bits per heavy atom. The molecule has 14 heavy (non-hydrogen) atoms. The highest BCUT2D eigenvalue weighted by Crippen LogP contribution is 2.36. The van der Waals surface area contributed by atoms with Crippen molar-refractivity contribution in [1.29, 1.82) is 0 Å². The predicted molar refractivity (Wildman–Crippen MR) is 59.2 cm³/mol. The van der Waals surface area contributed by atoms with Gasteiger partial charge in [-0.25, -0.2) is 4.98 Å². The van der Waals surface area contributed by atoms with Gasteiger partial charge in [0.2, 0.25) is 0 Å². The molecule has 76 valence electrons. The Bertz CT molecular complexity index is 320. The first-order valence-corrected chi connectivity index (χ1v) is 5.13. The van der Waals surface area contributed by atoms with E-state index < -0.39 is 0 Å². The molecule has 3 heteroatoms. The van der Waals surface area contributed by atoms with Crippen molar-refractivity contribution < 1.29 is 0 Å². The summed E-state index contributed by atoms with van der Waals surface area (Å²) in [5, 5.41) is 0. The minimum Gasteiger partial charge on any atom is -0.382 e. The summed E-state index contributed by atoms with van der Waals surface area (Å²) in [6.07, 6.45) is 4.44. The highest BCUT2D eigenvalue weighted by Gasteiger charge is 2.31. The van der Waals surface area contributed by atoms with Crippen LogP contribution in [0.15, 0.2) is 18.3 Å². The highest BCUT2D eigenvalue weighted by molar-refractivity contribution is 5.63. The molecule has 1 unspecified atom stereocenters. The Morgan fingerprint density at radius 2 is 2.29 bits per heavy atom. The van der Waals surface area contributed by atoms with Gasteiger partial charge in [-0.2, -0.15) is 0 Å². The molecule has 0 amide bonds. The third-order valence-corrected chi connectivity index (χ3v) is 3.11. The smallest absolute Gasteiger partial charge is 0.146 e. The lowest BCUT2D eigenvalue weighted by Crippen LogP contribution is -2.31. The number of nitrogens with two attached hydrogens (primary N) is 1. The lowest BCUT2D eigenvalue weighted by atomic mass is 10.2. The van der Waals surface area contributed by atoms with Crippen LogP contribution in [0.2, 0.25) is 0 Å². The molecule has 2 rings (SSSR count). The SMILES string of the molecule is CC(C1CC1)N(C)c1cccnc1N. The molecule has 1 heterocycles. The van der Waals surface area contributed by atoms with Gasteiger partial charge in [0.15, 0.2) is 0 Å². The molecule has 1 aliphatic carbocycles. The van der Waals surface area contributed by atoms with E-state index in [1.165, 1.54) is 12.8 Å². The third kappa shape index (κ3) is 1.67. The molecule has 0 radical (unpaired) electrons. The number of anilines is 2. The average molecular weight is 191 g/mol. The molecule has 1 aromatic rings. The number of hydrogen-bond acceptors (Lipinski definition) is 3. The Labute approximate surface area is 84.9 Å². The van der Waals surface area contributed by atoms with Crippen molar-refractivity contribution in [2.75, 3.05) is 17.7 Å². The molecule has 0 aromatic carbocycles. The molecule has 0 spiro atoms. The topological polar surface area (TPSA) is 42.2 Å². The van der Waals surface area contributed by atoms with Crippen LogP contribution < -0.4 is 10.6 Å². The second kappa shape index (κ2) is 3.48. The number of nitrogen functional groups attached to an aromatic ring is 1. The Morgan fingerprint density at radius 1 is 1.57 bits per heavy atom. The number of aromatic nitrogens is 1. The van der Waals surface area contributed by atoms with E-state index in [-0.39, 0.29) is 0 Å². The molecular formula is C11H17N3. The minimum absolute atomic E-state index is 0.571. The summed E-state index contributed by atoms with van der Waals surface area (Å²) in [4.78, 5) is 6.33. The van der Waals surface area contributed by atoms with Crippen LogP contribution in [0.25, 0.3) is 0 Å². The van der Waals surface area contributed by atoms with Gasteiger partial charge in [-0.05, 0) is 37.8 Å². The fraction of sp³-hybridized carbons (Fsp3) is 0.545. The lowest BCUT2D eigenvalue weighted by Gasteiger charge is -2.27. The van der Waals surface area contributed by atoms with E-state index in [2.05, 4.69) is 23.9 Å². The summed E-state index contributed by atoms with van der Waals surface area (Å²) in [5.74, 6) is 1.47. The number of rotatable bonds is 3.